The van der Waals surface area contributed by atoms with E-state index in [1.54, 1.807) is 0 Å². The Morgan fingerprint density at radius 3 is 2.21 bits per heavy atom. The predicted molar refractivity (Wildman–Crippen MR) is 158 cm³/mol. The molecule has 190 valence electrons. The molecule has 0 saturated carbocycles. The summed E-state index contributed by atoms with van der Waals surface area (Å²) in [6, 6.07) is 41.5. The number of benzene rings is 5. The van der Waals surface area contributed by atoms with Gasteiger partial charge in [0.05, 0.1) is 6.04 Å². The highest BCUT2D eigenvalue weighted by molar-refractivity contribution is 6.13. The molecule has 2 aliphatic rings. The van der Waals surface area contributed by atoms with E-state index < -0.39 is 0 Å². The lowest BCUT2D eigenvalue weighted by molar-refractivity contribution is -0.116. The largest absolute Gasteiger partial charge is 0.489 e. The summed E-state index contributed by atoms with van der Waals surface area (Å²) in [4.78, 5) is 13.9. The number of carbonyl (C=O) groups is 1. The molecule has 0 aromatic heterocycles. The van der Waals surface area contributed by atoms with Crippen LogP contribution >= 0.6 is 0 Å². The van der Waals surface area contributed by atoms with Gasteiger partial charge in [-0.1, -0.05) is 103 Å². The molecule has 1 heterocycles. The fourth-order valence-electron chi connectivity index (χ4n) is 6.16. The Morgan fingerprint density at radius 2 is 1.41 bits per heavy atom. The Hall–Kier alpha value is -4.63. The van der Waals surface area contributed by atoms with Crippen molar-refractivity contribution >= 4 is 27.8 Å². The fourth-order valence-corrected chi connectivity index (χ4v) is 6.16. The third kappa shape index (κ3) is 4.40. The Bertz CT molecular complexity index is 1690. The first-order valence-corrected chi connectivity index (χ1v) is 13.6. The standard InChI is InChI=1S/C36H29NO2/c38-33-22-28(25-11-5-2-6-12-25)21-31-34-30-14-8-7-13-26(30)17-20-32(34)37-36(35(31)33)27-15-18-29(19-16-27)39-23-24-9-3-1-4-10-24/h1-20,28,36-37H,21-23H2/t28-,36-/m1/s1. The van der Waals surface area contributed by atoms with Crippen LogP contribution in [0.2, 0.25) is 0 Å². The van der Waals surface area contributed by atoms with Crippen LogP contribution in [0.15, 0.2) is 127 Å². The maximum Gasteiger partial charge on any atom is 0.162 e. The molecule has 0 amide bonds. The Morgan fingerprint density at radius 1 is 0.692 bits per heavy atom. The molecule has 0 radical (unpaired) electrons. The molecule has 0 unspecified atom stereocenters. The van der Waals surface area contributed by atoms with Crippen LogP contribution in [0.4, 0.5) is 5.69 Å². The zero-order chi connectivity index (χ0) is 26.2. The van der Waals surface area contributed by atoms with E-state index in [2.05, 4.69) is 90.2 Å². The first-order chi connectivity index (χ1) is 19.2. The number of rotatable bonds is 5. The normalized spacial score (nSPS) is 18.3. The van der Waals surface area contributed by atoms with E-state index in [9.17, 15) is 4.79 Å². The predicted octanol–water partition coefficient (Wildman–Crippen LogP) is 8.49. The van der Waals surface area contributed by atoms with Crippen molar-refractivity contribution in [3.05, 3.63) is 149 Å². The van der Waals surface area contributed by atoms with E-state index in [1.165, 1.54) is 27.5 Å². The van der Waals surface area contributed by atoms with E-state index in [-0.39, 0.29) is 17.7 Å². The van der Waals surface area contributed by atoms with E-state index >= 15 is 0 Å². The van der Waals surface area contributed by atoms with Crippen LogP contribution in [-0.2, 0) is 11.4 Å². The van der Waals surface area contributed by atoms with Crippen LogP contribution in [0.25, 0.3) is 16.3 Å². The first-order valence-electron chi connectivity index (χ1n) is 13.6. The third-order valence-corrected chi connectivity index (χ3v) is 8.06. The van der Waals surface area contributed by atoms with Crippen molar-refractivity contribution in [3.8, 4) is 5.75 Å². The number of Topliss-reactive ketones (excluding diaryl/α,β-unsaturated/α-hetero) is 1. The van der Waals surface area contributed by atoms with Gasteiger partial charge in [0.1, 0.15) is 12.4 Å². The number of fused-ring (bicyclic) bond motifs is 4. The van der Waals surface area contributed by atoms with E-state index in [0.717, 1.165) is 34.6 Å². The maximum atomic E-state index is 13.9. The summed E-state index contributed by atoms with van der Waals surface area (Å²) in [5, 5.41) is 6.13. The molecule has 5 aromatic carbocycles. The molecule has 0 saturated heterocycles. The second kappa shape index (κ2) is 9.92. The molecule has 1 aliphatic heterocycles. The zero-order valence-electron chi connectivity index (χ0n) is 21.6. The quantitative estimate of drug-likeness (QED) is 0.259. The molecule has 1 aliphatic carbocycles. The third-order valence-electron chi connectivity index (χ3n) is 8.06. The number of hydrogen-bond donors (Lipinski definition) is 1. The highest BCUT2D eigenvalue weighted by Gasteiger charge is 2.38. The summed E-state index contributed by atoms with van der Waals surface area (Å²) in [6.45, 7) is 0.525. The van der Waals surface area contributed by atoms with E-state index in [4.69, 9.17) is 4.74 Å². The van der Waals surface area contributed by atoms with Crippen LogP contribution in [0.1, 0.15) is 47.1 Å². The van der Waals surface area contributed by atoms with Gasteiger partial charge < -0.3 is 10.1 Å². The Kier molecular flexibility index (Phi) is 5.97. The van der Waals surface area contributed by atoms with Gasteiger partial charge in [-0.15, -0.1) is 0 Å². The van der Waals surface area contributed by atoms with Crippen LogP contribution in [0.5, 0.6) is 5.75 Å². The Balaban J connectivity index is 1.28. The highest BCUT2D eigenvalue weighted by Crippen LogP contribution is 2.51. The van der Waals surface area contributed by atoms with Gasteiger partial charge in [-0.2, -0.15) is 0 Å². The lowest BCUT2D eigenvalue weighted by atomic mass is 9.71. The number of carbonyl (C=O) groups excluding carboxylic acids is 1. The van der Waals surface area contributed by atoms with Crippen molar-refractivity contribution in [2.24, 2.45) is 0 Å². The SMILES string of the molecule is O=C1C[C@H](c2ccccc2)CC2=C1[C@@H](c1ccc(OCc3ccccc3)cc1)Nc1ccc3ccccc3c12. The minimum atomic E-state index is -0.193. The minimum absolute atomic E-state index is 0.178. The van der Waals surface area contributed by atoms with Crippen molar-refractivity contribution in [3.63, 3.8) is 0 Å². The zero-order valence-corrected chi connectivity index (χ0v) is 21.6. The first kappa shape index (κ1) is 23.5. The van der Waals surface area contributed by atoms with Crippen molar-refractivity contribution in [1.29, 1.82) is 0 Å². The molecule has 7 rings (SSSR count). The monoisotopic (exact) mass is 507 g/mol. The number of anilines is 1. The van der Waals surface area contributed by atoms with Crippen molar-refractivity contribution < 1.29 is 9.53 Å². The smallest absolute Gasteiger partial charge is 0.162 e. The summed E-state index contributed by atoms with van der Waals surface area (Å²) in [5.74, 6) is 1.22. The molecule has 2 atom stereocenters. The lowest BCUT2D eigenvalue weighted by Crippen LogP contribution is -2.29. The van der Waals surface area contributed by atoms with Crippen molar-refractivity contribution in [2.45, 2.75) is 31.4 Å². The lowest BCUT2D eigenvalue weighted by Gasteiger charge is -2.37. The van der Waals surface area contributed by atoms with Gasteiger partial charge in [0.25, 0.3) is 0 Å². The van der Waals surface area contributed by atoms with E-state index in [0.29, 0.717) is 13.0 Å². The molecular weight excluding hydrogens is 478 g/mol. The van der Waals surface area contributed by atoms with Crippen molar-refractivity contribution in [2.75, 3.05) is 5.32 Å². The van der Waals surface area contributed by atoms with Gasteiger partial charge in [0.2, 0.25) is 0 Å². The number of hydrogen-bond acceptors (Lipinski definition) is 3. The van der Waals surface area contributed by atoms with Gasteiger partial charge in [0.15, 0.2) is 5.78 Å². The van der Waals surface area contributed by atoms with E-state index in [1.807, 2.05) is 36.4 Å². The molecule has 39 heavy (non-hydrogen) atoms. The summed E-state index contributed by atoms with van der Waals surface area (Å²) in [5.41, 5.74) is 7.78. The van der Waals surface area contributed by atoms with Gasteiger partial charge in [-0.25, -0.2) is 0 Å². The van der Waals surface area contributed by atoms with Gasteiger partial charge in [0, 0.05) is 23.2 Å². The molecule has 3 nitrogen and oxygen atoms in total. The topological polar surface area (TPSA) is 38.3 Å². The average Bonchev–Trinajstić information content (AvgIpc) is 3.00. The van der Waals surface area contributed by atoms with Crippen molar-refractivity contribution in [1.82, 2.24) is 0 Å². The van der Waals surface area contributed by atoms with Gasteiger partial charge in [-0.05, 0) is 63.6 Å². The second-order valence-corrected chi connectivity index (χ2v) is 10.5. The average molecular weight is 508 g/mol. The highest BCUT2D eigenvalue weighted by atomic mass is 16.5. The molecule has 1 N–H and O–H groups in total. The molecule has 3 heteroatoms. The van der Waals surface area contributed by atoms with Crippen LogP contribution in [0.3, 0.4) is 0 Å². The molecule has 0 spiro atoms. The number of ketones is 1. The molecule has 0 bridgehead atoms. The molecule has 0 fully saturated rings. The number of allylic oxidation sites excluding steroid dienone is 1. The summed E-state index contributed by atoms with van der Waals surface area (Å²) in [6.07, 6.45) is 1.38. The summed E-state index contributed by atoms with van der Waals surface area (Å²) in [7, 11) is 0. The van der Waals surface area contributed by atoms with Crippen LogP contribution in [-0.4, -0.2) is 5.78 Å². The fraction of sp³-hybridized carbons (Fsp3) is 0.139. The summed E-state index contributed by atoms with van der Waals surface area (Å²) >= 11 is 0. The Labute approximate surface area is 228 Å². The van der Waals surface area contributed by atoms with Gasteiger partial charge >= 0.3 is 0 Å². The minimum Gasteiger partial charge on any atom is -0.489 e. The summed E-state index contributed by atoms with van der Waals surface area (Å²) < 4.78 is 6.03. The molecule has 5 aromatic rings. The number of ether oxygens (including phenoxy) is 1. The van der Waals surface area contributed by atoms with Crippen LogP contribution in [0, 0.1) is 0 Å². The number of nitrogens with one attached hydrogen (secondary N) is 1. The second-order valence-electron chi connectivity index (χ2n) is 10.5. The van der Waals surface area contributed by atoms with Gasteiger partial charge in [-0.3, -0.25) is 4.79 Å². The maximum absolute atomic E-state index is 13.9. The van der Waals surface area contributed by atoms with Crippen LogP contribution < -0.4 is 10.1 Å². The molecular formula is C36H29NO2.